The molecule has 0 bridgehead atoms. The summed E-state index contributed by atoms with van der Waals surface area (Å²) in [5.41, 5.74) is 1.46. The van der Waals surface area contributed by atoms with Crippen molar-refractivity contribution in [2.75, 3.05) is 6.61 Å². The highest BCUT2D eigenvalue weighted by Gasteiger charge is 2.25. The molecule has 2 aromatic heterocycles. The number of esters is 1. The highest BCUT2D eigenvalue weighted by atomic mass is 16.8. The summed E-state index contributed by atoms with van der Waals surface area (Å²) in [6, 6.07) is 3.22. The monoisotopic (exact) mass is 295 g/mol. The van der Waals surface area contributed by atoms with Crippen molar-refractivity contribution in [3.05, 3.63) is 24.1 Å². The van der Waals surface area contributed by atoms with Gasteiger partial charge in [-0.05, 0) is 6.92 Å². The Kier molecular flexibility index (Phi) is 4.52. The van der Waals surface area contributed by atoms with Crippen LogP contribution in [0.1, 0.15) is 31.3 Å². The SMILES string of the molecule is CCOC(=O)OC(OC(=O)c1cc2occc2[nH]1)C(C)C. The van der Waals surface area contributed by atoms with Gasteiger partial charge in [-0.25, -0.2) is 9.59 Å². The maximum atomic E-state index is 12.0. The quantitative estimate of drug-likeness (QED) is 0.673. The molecule has 0 spiro atoms. The van der Waals surface area contributed by atoms with Crippen LogP contribution in [0.3, 0.4) is 0 Å². The second kappa shape index (κ2) is 6.34. The van der Waals surface area contributed by atoms with Crippen LogP contribution >= 0.6 is 0 Å². The van der Waals surface area contributed by atoms with Gasteiger partial charge in [0.25, 0.3) is 6.29 Å². The summed E-state index contributed by atoms with van der Waals surface area (Å²) in [6.07, 6.45) is -0.382. The number of nitrogens with one attached hydrogen (secondary N) is 1. The first kappa shape index (κ1) is 15.0. The van der Waals surface area contributed by atoms with Gasteiger partial charge in [-0.1, -0.05) is 13.8 Å². The number of furan rings is 1. The fourth-order valence-corrected chi connectivity index (χ4v) is 1.67. The Morgan fingerprint density at radius 3 is 2.71 bits per heavy atom. The van der Waals surface area contributed by atoms with Crippen LogP contribution < -0.4 is 0 Å². The summed E-state index contributed by atoms with van der Waals surface area (Å²) in [5, 5.41) is 0. The molecular formula is C14H17NO6. The Morgan fingerprint density at radius 2 is 2.10 bits per heavy atom. The average Bonchev–Trinajstić information content (AvgIpc) is 2.98. The number of aromatic nitrogens is 1. The molecule has 0 saturated heterocycles. The second-order valence-corrected chi connectivity index (χ2v) is 4.70. The van der Waals surface area contributed by atoms with E-state index in [9.17, 15) is 9.59 Å². The largest absolute Gasteiger partial charge is 0.511 e. The molecule has 1 atom stereocenters. The number of rotatable bonds is 5. The van der Waals surface area contributed by atoms with E-state index < -0.39 is 18.4 Å². The zero-order chi connectivity index (χ0) is 15.4. The molecule has 0 aliphatic carbocycles. The molecule has 0 fully saturated rings. The van der Waals surface area contributed by atoms with Crippen molar-refractivity contribution in [1.82, 2.24) is 4.98 Å². The van der Waals surface area contributed by atoms with E-state index >= 15 is 0 Å². The summed E-state index contributed by atoms with van der Waals surface area (Å²) in [5.74, 6) is -0.847. The van der Waals surface area contributed by atoms with Crippen LogP contribution in [-0.4, -0.2) is 30.0 Å². The smallest absolute Gasteiger partial charge is 0.463 e. The Balaban J connectivity index is 2.03. The van der Waals surface area contributed by atoms with Gasteiger partial charge in [0.15, 0.2) is 5.58 Å². The van der Waals surface area contributed by atoms with Gasteiger partial charge in [-0.2, -0.15) is 0 Å². The lowest BCUT2D eigenvalue weighted by Gasteiger charge is -2.20. The summed E-state index contributed by atoms with van der Waals surface area (Å²) >= 11 is 0. The standard InChI is InChI=1S/C14H17NO6/c1-4-18-14(17)21-13(8(2)3)20-12(16)10-7-11-9(15-10)5-6-19-11/h5-8,13,15H,4H2,1-3H3. The number of H-pyrrole nitrogens is 1. The van der Waals surface area contributed by atoms with Gasteiger partial charge in [-0.15, -0.1) is 0 Å². The zero-order valence-electron chi connectivity index (χ0n) is 12.0. The Morgan fingerprint density at radius 1 is 1.33 bits per heavy atom. The first-order valence-corrected chi connectivity index (χ1v) is 6.62. The Labute approximate surface area is 121 Å². The van der Waals surface area contributed by atoms with Crippen LogP contribution in [0, 0.1) is 5.92 Å². The number of carbonyl (C=O) groups is 2. The highest BCUT2D eigenvalue weighted by Crippen LogP contribution is 2.18. The van der Waals surface area contributed by atoms with Crippen molar-refractivity contribution in [1.29, 1.82) is 0 Å². The van der Waals surface area contributed by atoms with Gasteiger partial charge >= 0.3 is 12.1 Å². The molecule has 2 heterocycles. The molecule has 0 radical (unpaired) electrons. The fraction of sp³-hybridized carbons (Fsp3) is 0.429. The molecule has 21 heavy (non-hydrogen) atoms. The third-order valence-corrected chi connectivity index (χ3v) is 2.70. The number of hydrogen-bond acceptors (Lipinski definition) is 6. The lowest BCUT2D eigenvalue weighted by molar-refractivity contribution is -0.113. The first-order valence-electron chi connectivity index (χ1n) is 6.62. The molecular weight excluding hydrogens is 278 g/mol. The minimum absolute atomic E-state index is 0.185. The van der Waals surface area contributed by atoms with Gasteiger partial charge in [-0.3, -0.25) is 0 Å². The summed E-state index contributed by atoms with van der Waals surface area (Å²) < 4.78 is 20.0. The molecule has 1 N–H and O–H groups in total. The van der Waals surface area contributed by atoms with Gasteiger partial charge in [0.2, 0.25) is 0 Å². The average molecular weight is 295 g/mol. The lowest BCUT2D eigenvalue weighted by Crippen LogP contribution is -2.29. The number of carbonyl (C=O) groups excluding carboxylic acids is 2. The van der Waals surface area contributed by atoms with Crippen LogP contribution in [0.25, 0.3) is 11.1 Å². The van der Waals surface area contributed by atoms with Crippen molar-refractivity contribution in [2.24, 2.45) is 5.92 Å². The van der Waals surface area contributed by atoms with Crippen LogP contribution in [0.4, 0.5) is 4.79 Å². The van der Waals surface area contributed by atoms with Crippen LogP contribution in [-0.2, 0) is 14.2 Å². The maximum Gasteiger partial charge on any atom is 0.511 e. The number of aromatic amines is 1. The number of ether oxygens (including phenoxy) is 3. The first-order chi connectivity index (χ1) is 10.0. The van der Waals surface area contributed by atoms with Crippen LogP contribution in [0.2, 0.25) is 0 Å². The summed E-state index contributed by atoms with van der Waals surface area (Å²) in [7, 11) is 0. The van der Waals surface area contributed by atoms with Crippen LogP contribution in [0.15, 0.2) is 22.8 Å². The van der Waals surface area contributed by atoms with E-state index in [1.807, 2.05) is 0 Å². The summed E-state index contributed by atoms with van der Waals surface area (Å²) in [6.45, 7) is 5.37. The number of hydrogen-bond donors (Lipinski definition) is 1. The molecule has 0 saturated carbocycles. The van der Waals surface area contributed by atoms with E-state index in [-0.39, 0.29) is 18.2 Å². The van der Waals surface area contributed by atoms with Crippen molar-refractivity contribution >= 4 is 23.2 Å². The Hall–Kier alpha value is -2.44. The van der Waals surface area contributed by atoms with Gasteiger partial charge in [0.05, 0.1) is 18.4 Å². The maximum absolute atomic E-state index is 12.0. The third kappa shape index (κ3) is 3.56. The molecule has 1 unspecified atom stereocenters. The van der Waals surface area contributed by atoms with Crippen molar-refractivity contribution in [3.8, 4) is 0 Å². The molecule has 2 aromatic rings. The highest BCUT2D eigenvalue weighted by molar-refractivity contribution is 5.93. The van der Waals surface area contributed by atoms with Crippen molar-refractivity contribution in [2.45, 2.75) is 27.1 Å². The third-order valence-electron chi connectivity index (χ3n) is 2.70. The van der Waals surface area contributed by atoms with Gasteiger partial charge in [0, 0.05) is 18.1 Å². The van der Waals surface area contributed by atoms with E-state index in [0.29, 0.717) is 11.1 Å². The van der Waals surface area contributed by atoms with Crippen LogP contribution in [0.5, 0.6) is 0 Å². The minimum atomic E-state index is -1.02. The van der Waals surface area contributed by atoms with E-state index in [4.69, 9.17) is 13.9 Å². The fourth-order valence-electron chi connectivity index (χ4n) is 1.67. The van der Waals surface area contributed by atoms with E-state index in [2.05, 4.69) is 9.72 Å². The topological polar surface area (TPSA) is 90.8 Å². The van der Waals surface area contributed by atoms with Crippen molar-refractivity contribution in [3.63, 3.8) is 0 Å². The second-order valence-electron chi connectivity index (χ2n) is 4.70. The van der Waals surface area contributed by atoms with E-state index in [1.165, 1.54) is 12.3 Å². The molecule has 114 valence electrons. The minimum Gasteiger partial charge on any atom is -0.463 e. The number of fused-ring (bicyclic) bond motifs is 1. The molecule has 7 heteroatoms. The van der Waals surface area contributed by atoms with E-state index in [1.54, 1.807) is 26.8 Å². The lowest BCUT2D eigenvalue weighted by atomic mass is 10.2. The Bertz CT molecular complexity index is 598. The van der Waals surface area contributed by atoms with Crippen molar-refractivity contribution < 1.29 is 28.2 Å². The summed E-state index contributed by atoms with van der Waals surface area (Å²) in [4.78, 5) is 26.2. The van der Waals surface area contributed by atoms with E-state index in [0.717, 1.165) is 0 Å². The molecule has 0 amide bonds. The zero-order valence-corrected chi connectivity index (χ0v) is 12.0. The molecule has 7 nitrogen and oxygen atoms in total. The normalized spacial score (nSPS) is 12.4. The molecule has 0 aliphatic rings. The molecule has 2 rings (SSSR count). The predicted molar refractivity (Wildman–Crippen MR) is 72.7 cm³/mol. The van der Waals surface area contributed by atoms with Gasteiger partial charge < -0.3 is 23.6 Å². The van der Waals surface area contributed by atoms with Gasteiger partial charge in [0.1, 0.15) is 5.69 Å². The predicted octanol–water partition coefficient (Wildman–Crippen LogP) is 3.07. The molecule has 0 aliphatic heterocycles. The molecule has 0 aromatic carbocycles.